The smallest absolute Gasteiger partial charge is 0.308 e. The van der Waals surface area contributed by atoms with Crippen molar-refractivity contribution in [1.29, 1.82) is 0 Å². The molecule has 1 aromatic rings. The number of aliphatic imine (C=N–C) groups is 1. The summed E-state index contributed by atoms with van der Waals surface area (Å²) in [6.07, 6.45) is 1.32. The van der Waals surface area contributed by atoms with E-state index in [9.17, 15) is 9.59 Å². The van der Waals surface area contributed by atoms with Gasteiger partial charge < -0.3 is 4.74 Å². The average Bonchev–Trinajstić information content (AvgIpc) is 2.32. The predicted octanol–water partition coefficient (Wildman–Crippen LogP) is 2.93. The van der Waals surface area contributed by atoms with Crippen molar-refractivity contribution in [2.45, 2.75) is 12.5 Å². The molecule has 17 heavy (non-hydrogen) atoms. The van der Waals surface area contributed by atoms with Crippen molar-refractivity contribution in [2.75, 3.05) is 7.11 Å². The van der Waals surface area contributed by atoms with E-state index < -0.39 is 12.0 Å². The molecule has 1 rings (SSSR count). The van der Waals surface area contributed by atoms with Crippen LogP contribution >= 0.6 is 23.2 Å². The zero-order chi connectivity index (χ0) is 12.8. The van der Waals surface area contributed by atoms with E-state index in [1.807, 2.05) is 0 Å². The van der Waals surface area contributed by atoms with Crippen molar-refractivity contribution in [2.24, 2.45) is 4.99 Å². The number of isocyanates is 1. The number of rotatable bonds is 4. The van der Waals surface area contributed by atoms with Crippen LogP contribution in [-0.4, -0.2) is 19.2 Å². The first-order valence-corrected chi connectivity index (χ1v) is 5.43. The number of carbonyl (C=O) groups excluding carboxylic acids is 2. The highest BCUT2D eigenvalue weighted by Crippen LogP contribution is 2.33. The van der Waals surface area contributed by atoms with Crippen molar-refractivity contribution < 1.29 is 14.3 Å². The molecule has 0 saturated heterocycles. The molecule has 0 fully saturated rings. The number of ether oxygens (including phenoxy) is 1. The maximum absolute atomic E-state index is 11.2. The van der Waals surface area contributed by atoms with E-state index >= 15 is 0 Å². The quantitative estimate of drug-likeness (QED) is 0.482. The van der Waals surface area contributed by atoms with Crippen LogP contribution in [0.5, 0.6) is 0 Å². The van der Waals surface area contributed by atoms with Gasteiger partial charge in [-0.05, 0) is 11.6 Å². The van der Waals surface area contributed by atoms with Gasteiger partial charge in [0.15, 0.2) is 0 Å². The van der Waals surface area contributed by atoms with Gasteiger partial charge in [-0.1, -0.05) is 35.3 Å². The molecule has 0 bridgehead atoms. The number of esters is 1. The van der Waals surface area contributed by atoms with Crippen LogP contribution in [0.1, 0.15) is 18.0 Å². The Bertz CT molecular complexity index is 470. The van der Waals surface area contributed by atoms with Gasteiger partial charge in [0.05, 0.1) is 29.6 Å². The molecule has 0 saturated carbocycles. The maximum Gasteiger partial charge on any atom is 0.308 e. The van der Waals surface area contributed by atoms with Gasteiger partial charge in [0.2, 0.25) is 6.08 Å². The molecule has 0 aliphatic carbocycles. The number of hydrogen-bond donors (Lipinski definition) is 0. The SMILES string of the molecule is COC(=O)C[C@@H](N=C=O)c1cccc(Cl)c1Cl. The number of carbonyl (C=O) groups is 1. The van der Waals surface area contributed by atoms with Gasteiger partial charge >= 0.3 is 5.97 Å². The molecule has 0 unspecified atom stereocenters. The van der Waals surface area contributed by atoms with Crippen LogP contribution < -0.4 is 0 Å². The van der Waals surface area contributed by atoms with E-state index in [-0.39, 0.29) is 11.4 Å². The van der Waals surface area contributed by atoms with Gasteiger partial charge in [-0.3, -0.25) is 4.79 Å². The number of benzene rings is 1. The van der Waals surface area contributed by atoms with E-state index in [1.165, 1.54) is 13.2 Å². The number of methoxy groups -OCH3 is 1. The van der Waals surface area contributed by atoms with E-state index in [2.05, 4.69) is 9.73 Å². The Labute approximate surface area is 108 Å². The Balaban J connectivity index is 3.09. The fraction of sp³-hybridized carbons (Fsp3) is 0.273. The first kappa shape index (κ1) is 13.7. The molecule has 6 heteroatoms. The molecule has 0 spiro atoms. The molecule has 0 radical (unpaired) electrons. The molecular weight excluding hydrogens is 265 g/mol. The zero-order valence-electron chi connectivity index (χ0n) is 8.94. The second-order valence-corrected chi connectivity index (χ2v) is 3.94. The molecule has 4 nitrogen and oxygen atoms in total. The third kappa shape index (κ3) is 3.56. The normalized spacial score (nSPS) is 11.5. The Morgan fingerprint density at radius 2 is 2.24 bits per heavy atom. The summed E-state index contributed by atoms with van der Waals surface area (Å²) >= 11 is 11.8. The molecule has 0 heterocycles. The highest BCUT2D eigenvalue weighted by molar-refractivity contribution is 6.42. The second kappa shape index (κ2) is 6.40. The van der Waals surface area contributed by atoms with Crippen LogP contribution in [0.25, 0.3) is 0 Å². The zero-order valence-corrected chi connectivity index (χ0v) is 10.5. The van der Waals surface area contributed by atoms with Gasteiger partial charge in [0, 0.05) is 0 Å². The fourth-order valence-electron chi connectivity index (χ4n) is 1.31. The van der Waals surface area contributed by atoms with Gasteiger partial charge in [0.25, 0.3) is 0 Å². The number of halogens is 2. The lowest BCUT2D eigenvalue weighted by Gasteiger charge is -2.12. The fourth-order valence-corrected chi connectivity index (χ4v) is 1.74. The van der Waals surface area contributed by atoms with Gasteiger partial charge in [-0.15, -0.1) is 0 Å². The minimum Gasteiger partial charge on any atom is -0.469 e. The predicted molar refractivity (Wildman–Crippen MR) is 64.0 cm³/mol. The molecule has 0 aliphatic heterocycles. The standard InChI is InChI=1S/C11H9Cl2NO3/c1-17-10(16)5-9(14-6-15)7-3-2-4-8(12)11(7)13/h2-4,9H,5H2,1H3/t9-/m1/s1. The van der Waals surface area contributed by atoms with E-state index in [0.717, 1.165) is 0 Å². The molecule has 1 atom stereocenters. The topological polar surface area (TPSA) is 55.7 Å². The van der Waals surface area contributed by atoms with E-state index in [0.29, 0.717) is 10.6 Å². The first-order valence-electron chi connectivity index (χ1n) is 4.67. The Morgan fingerprint density at radius 3 is 2.82 bits per heavy atom. The van der Waals surface area contributed by atoms with Crippen molar-refractivity contribution >= 4 is 35.3 Å². The third-order valence-corrected chi connectivity index (χ3v) is 2.97. The molecule has 1 aromatic carbocycles. The van der Waals surface area contributed by atoms with Gasteiger partial charge in [0.1, 0.15) is 0 Å². The van der Waals surface area contributed by atoms with Crippen LogP contribution in [0.2, 0.25) is 10.0 Å². The minimum absolute atomic E-state index is 0.0915. The maximum atomic E-state index is 11.2. The largest absolute Gasteiger partial charge is 0.469 e. The highest BCUT2D eigenvalue weighted by Gasteiger charge is 2.19. The summed E-state index contributed by atoms with van der Waals surface area (Å²) in [5.74, 6) is -0.495. The van der Waals surface area contributed by atoms with Crippen molar-refractivity contribution in [3.8, 4) is 0 Å². The molecular formula is C11H9Cl2NO3. The average molecular weight is 274 g/mol. The van der Waals surface area contributed by atoms with Crippen molar-refractivity contribution in [1.82, 2.24) is 0 Å². The lowest BCUT2D eigenvalue weighted by molar-refractivity contribution is -0.141. The summed E-state index contributed by atoms with van der Waals surface area (Å²) in [5, 5.41) is 0.599. The number of hydrogen-bond acceptors (Lipinski definition) is 4. The first-order chi connectivity index (χ1) is 8.10. The van der Waals surface area contributed by atoms with Crippen LogP contribution in [-0.2, 0) is 14.3 Å². The Morgan fingerprint density at radius 1 is 1.53 bits per heavy atom. The molecule has 0 N–H and O–H groups in total. The highest BCUT2D eigenvalue weighted by atomic mass is 35.5. The lowest BCUT2D eigenvalue weighted by atomic mass is 10.0. The van der Waals surface area contributed by atoms with Gasteiger partial charge in [-0.25, -0.2) is 4.79 Å². The molecule has 0 amide bonds. The third-order valence-electron chi connectivity index (χ3n) is 2.14. The minimum atomic E-state index is -0.730. The monoisotopic (exact) mass is 273 g/mol. The lowest BCUT2D eigenvalue weighted by Crippen LogP contribution is -2.07. The van der Waals surface area contributed by atoms with Crippen LogP contribution in [0.15, 0.2) is 23.2 Å². The summed E-state index contributed by atoms with van der Waals surface area (Å²) in [4.78, 5) is 25.0. The summed E-state index contributed by atoms with van der Waals surface area (Å²) < 4.78 is 4.51. The summed E-state index contributed by atoms with van der Waals surface area (Å²) in [7, 11) is 1.25. The summed E-state index contributed by atoms with van der Waals surface area (Å²) in [6, 6.07) is 4.18. The van der Waals surface area contributed by atoms with Crippen molar-refractivity contribution in [3.63, 3.8) is 0 Å². The van der Waals surface area contributed by atoms with Crippen LogP contribution in [0.3, 0.4) is 0 Å². The summed E-state index contributed by atoms with van der Waals surface area (Å²) in [6.45, 7) is 0. The summed E-state index contributed by atoms with van der Waals surface area (Å²) in [5.41, 5.74) is 0.493. The molecule has 90 valence electrons. The van der Waals surface area contributed by atoms with E-state index in [1.54, 1.807) is 18.2 Å². The second-order valence-electron chi connectivity index (χ2n) is 3.16. The molecule has 0 aliphatic rings. The van der Waals surface area contributed by atoms with Crippen LogP contribution in [0.4, 0.5) is 0 Å². The van der Waals surface area contributed by atoms with Crippen LogP contribution in [0, 0.1) is 0 Å². The van der Waals surface area contributed by atoms with Crippen molar-refractivity contribution in [3.05, 3.63) is 33.8 Å². The van der Waals surface area contributed by atoms with Gasteiger partial charge in [-0.2, -0.15) is 4.99 Å². The molecule has 0 aromatic heterocycles. The van der Waals surface area contributed by atoms with E-state index in [4.69, 9.17) is 23.2 Å². The Hall–Kier alpha value is -1.35. The Kier molecular flexibility index (Phi) is 5.16. The number of nitrogens with zero attached hydrogens (tertiary/aromatic N) is 1.